The van der Waals surface area contributed by atoms with Gasteiger partial charge in [-0.25, -0.2) is 38.3 Å². The van der Waals surface area contributed by atoms with Crippen LogP contribution in [0.4, 0.5) is 20.3 Å². The molecule has 7 heterocycles. The summed E-state index contributed by atoms with van der Waals surface area (Å²) in [6.07, 6.45) is -7.51. The van der Waals surface area contributed by atoms with E-state index in [4.69, 9.17) is 53.2 Å². The van der Waals surface area contributed by atoms with Crippen molar-refractivity contribution in [2.24, 2.45) is 0 Å². The van der Waals surface area contributed by atoms with Crippen molar-refractivity contribution in [1.29, 1.82) is 0 Å². The highest BCUT2D eigenvalue weighted by molar-refractivity contribution is 8.54. The minimum Gasteiger partial charge on any atom is -0.397 e. The summed E-state index contributed by atoms with van der Waals surface area (Å²) < 4.78 is 117. The van der Waals surface area contributed by atoms with Crippen molar-refractivity contribution in [2.45, 2.75) is 68.5 Å². The number of hydrogen-bond acceptors (Lipinski definition) is 19. The van der Waals surface area contributed by atoms with Gasteiger partial charge in [0.1, 0.15) is 41.8 Å². The van der Waals surface area contributed by atoms with E-state index in [1.54, 1.807) is 6.07 Å². The number of rotatable bonds is 14. The molecule has 10 atom stereocenters. The molecule has 20 nitrogen and oxygen atoms in total. The van der Waals surface area contributed by atoms with Gasteiger partial charge in [-0.2, -0.15) is 0 Å². The van der Waals surface area contributed by atoms with Crippen LogP contribution in [-0.4, -0.2) is 125 Å². The van der Waals surface area contributed by atoms with Crippen molar-refractivity contribution >= 4 is 67.1 Å². The molecule has 0 bridgehead atoms. The lowest BCUT2D eigenvalue weighted by Crippen LogP contribution is -2.37. The molecule has 4 aromatic heterocycles. The maximum atomic E-state index is 16.8. The molecule has 4 N–H and O–H groups in total. The van der Waals surface area contributed by atoms with Gasteiger partial charge in [0.25, 0.3) is 15.0 Å². The lowest BCUT2D eigenvalue weighted by Gasteiger charge is -2.30. The summed E-state index contributed by atoms with van der Waals surface area (Å²) in [7, 11) is -3.01. The first kappa shape index (κ1) is 44.0. The number of nitrogens with zero attached hydrogens (tertiary/aromatic N) is 7. The molecule has 3 aliphatic heterocycles. The molecule has 1 aromatic carbocycles. The Morgan fingerprint density at radius 1 is 0.787 bits per heavy atom. The Morgan fingerprint density at radius 2 is 1.39 bits per heavy atom. The third-order valence-electron chi connectivity index (χ3n) is 10.0. The minimum atomic E-state index is -4.42. The molecule has 0 aliphatic carbocycles. The Labute approximate surface area is 352 Å². The highest BCUT2D eigenvalue weighted by atomic mass is 32.7. The van der Waals surface area contributed by atoms with E-state index in [1.807, 2.05) is 31.2 Å². The van der Waals surface area contributed by atoms with E-state index in [0.717, 1.165) is 30.1 Å². The summed E-state index contributed by atoms with van der Waals surface area (Å²) in [6, 6.07) is 8.92. The van der Waals surface area contributed by atoms with E-state index < -0.39 is 76.7 Å². The highest BCUT2D eigenvalue weighted by Gasteiger charge is 2.54. The Morgan fingerprint density at radius 3 is 2.10 bits per heavy atom. The standard InChI is InChI=1S/C35H44BF2N9O11P2S/c1-2-50-9-10-51-11-12-52-13-20-3-5-21(6-4-20)16-61-60(49)54-15-24-29(25(37)34(56-24)47-19-45-28-31(40)42-17-43-33(28)47)57-59(36,48)53-14-23-30(58-60)26(38)35(55-23)46-18-44-27-22(39)7-8-41-32(27)46/h3-8,17-19,23-26,29-30,34-35H,2,9-16,36H2,1H3,(H2,39,41)(H2,40,42,43)/t23-,24-,25-,26-,29-,30-,34-,35-,59+,60+/m1/s1. The number of hydrogen-bond donors (Lipinski definition) is 2. The van der Waals surface area contributed by atoms with Crippen LogP contribution in [0.1, 0.15) is 30.5 Å². The van der Waals surface area contributed by atoms with Crippen LogP contribution in [0.2, 0.25) is 0 Å². The second kappa shape index (κ2) is 19.0. The molecule has 3 aliphatic rings. The summed E-state index contributed by atoms with van der Waals surface area (Å²) in [5, 5.41) is 0. The SMILES string of the molecule is B[P@]1(=O)OC[C@H]2O[C@@H](n3cnc4c(N)ccnc43)[C@H](F)[C@@H]2O[P@@](=O)(SCc2ccc(COCCOCCOCC)cc2)OC[C@H]2O[C@@H](n3cnc4c(N)ncnc43)[C@H](F)[C@@H]2O1. The van der Waals surface area contributed by atoms with E-state index in [-0.39, 0.29) is 28.4 Å². The van der Waals surface area contributed by atoms with Gasteiger partial charge in [-0.05, 0) is 35.5 Å². The Balaban J connectivity index is 1.03. The topological polar surface area (TPSA) is 244 Å². The molecule has 26 heteroatoms. The molecular formula is C35H44BF2N9O11P2S. The summed E-state index contributed by atoms with van der Waals surface area (Å²) >= 11 is 0.784. The average molecular weight is 910 g/mol. The van der Waals surface area contributed by atoms with Crippen LogP contribution < -0.4 is 11.5 Å². The van der Waals surface area contributed by atoms with Crippen LogP contribution in [-0.2, 0) is 63.3 Å². The van der Waals surface area contributed by atoms with Crippen molar-refractivity contribution in [3.63, 3.8) is 0 Å². The third-order valence-corrected chi connectivity index (χ3v) is 14.9. The largest absolute Gasteiger partial charge is 0.397 e. The fraction of sp³-hybridized carbons (Fsp3) is 0.514. The predicted molar refractivity (Wildman–Crippen MR) is 219 cm³/mol. The Hall–Kier alpha value is -3.64. The average Bonchev–Trinajstić information content (AvgIpc) is 4.02. The van der Waals surface area contributed by atoms with Gasteiger partial charge in [0.05, 0.1) is 64.6 Å². The van der Waals surface area contributed by atoms with Gasteiger partial charge >= 0.3 is 6.80 Å². The number of benzene rings is 1. The first-order valence-corrected chi connectivity index (χ1v) is 24.4. The quantitative estimate of drug-likeness (QED) is 0.0906. The fourth-order valence-corrected chi connectivity index (χ4v) is 11.5. The number of aromatic nitrogens is 7. The maximum Gasteiger partial charge on any atom is 0.389 e. The summed E-state index contributed by atoms with van der Waals surface area (Å²) in [6.45, 7) is -0.882. The molecular weight excluding hydrogens is 865 g/mol. The van der Waals surface area contributed by atoms with Gasteiger partial charge in [-0.15, -0.1) is 0 Å². The molecule has 0 spiro atoms. The molecule has 3 saturated heterocycles. The Bertz CT molecular complexity index is 2390. The van der Waals surface area contributed by atoms with Gasteiger partial charge in [0, 0.05) is 18.6 Å². The second-order valence-electron chi connectivity index (χ2n) is 14.2. The lowest BCUT2D eigenvalue weighted by molar-refractivity contribution is -0.0546. The number of pyridine rings is 1. The molecule has 0 radical (unpaired) electrons. The van der Waals surface area contributed by atoms with Gasteiger partial charge < -0.3 is 44.2 Å². The molecule has 0 amide bonds. The number of fused-ring (bicyclic) bond motifs is 4. The van der Waals surface area contributed by atoms with Crippen LogP contribution >= 0.6 is 25.7 Å². The monoisotopic (exact) mass is 909 g/mol. The van der Waals surface area contributed by atoms with E-state index in [0.29, 0.717) is 50.8 Å². The smallest absolute Gasteiger partial charge is 0.389 e. The zero-order valence-corrected chi connectivity index (χ0v) is 35.6. The first-order valence-electron chi connectivity index (χ1n) is 19.3. The zero-order chi connectivity index (χ0) is 42.7. The van der Waals surface area contributed by atoms with E-state index in [1.165, 1.54) is 34.3 Å². The first-order chi connectivity index (χ1) is 29.4. The van der Waals surface area contributed by atoms with E-state index in [9.17, 15) is 9.13 Å². The minimum absolute atomic E-state index is 0.0606. The highest BCUT2D eigenvalue weighted by Crippen LogP contribution is 2.65. The van der Waals surface area contributed by atoms with Crippen molar-refractivity contribution < 1.29 is 59.7 Å². The van der Waals surface area contributed by atoms with Crippen LogP contribution in [0.3, 0.4) is 0 Å². The van der Waals surface area contributed by atoms with Crippen molar-refractivity contribution in [3.8, 4) is 0 Å². The molecule has 3 fully saturated rings. The number of imidazole rings is 2. The zero-order valence-electron chi connectivity index (χ0n) is 33.0. The van der Waals surface area contributed by atoms with Crippen molar-refractivity contribution in [1.82, 2.24) is 34.1 Å². The molecule has 0 saturated carbocycles. The summed E-state index contributed by atoms with van der Waals surface area (Å²) in [5.41, 5.74) is 14.9. The predicted octanol–water partition coefficient (Wildman–Crippen LogP) is 4.08. The molecule has 0 unspecified atom stereocenters. The number of anilines is 2. The van der Waals surface area contributed by atoms with Gasteiger partial charge in [-0.3, -0.25) is 22.7 Å². The number of alkyl halides is 2. The summed E-state index contributed by atoms with van der Waals surface area (Å²) in [4.78, 5) is 20.9. The van der Waals surface area contributed by atoms with Crippen LogP contribution in [0.25, 0.3) is 22.3 Å². The number of ether oxygens (including phenoxy) is 5. The van der Waals surface area contributed by atoms with Gasteiger partial charge in [0.15, 0.2) is 41.9 Å². The van der Waals surface area contributed by atoms with Crippen molar-refractivity contribution in [2.75, 3.05) is 57.7 Å². The van der Waals surface area contributed by atoms with Gasteiger partial charge in [-0.1, -0.05) is 24.3 Å². The van der Waals surface area contributed by atoms with Crippen molar-refractivity contribution in [3.05, 3.63) is 66.6 Å². The summed E-state index contributed by atoms with van der Waals surface area (Å²) in [5.74, 6) is 0.147. The third kappa shape index (κ3) is 9.80. The molecule has 8 rings (SSSR count). The van der Waals surface area contributed by atoms with Crippen LogP contribution in [0, 0.1) is 0 Å². The lowest BCUT2D eigenvalue weighted by atomic mass is 10.1. The normalized spacial score (nSPS) is 30.9. The number of nitrogens with two attached hydrogens (primary N) is 2. The molecule has 5 aromatic rings. The fourth-order valence-electron chi connectivity index (χ4n) is 6.98. The maximum absolute atomic E-state index is 16.8. The second-order valence-corrected chi connectivity index (χ2v) is 20.3. The van der Waals surface area contributed by atoms with E-state index >= 15 is 8.78 Å². The van der Waals surface area contributed by atoms with Gasteiger partial charge in [0.2, 0.25) is 0 Å². The number of nitrogen functional groups attached to an aromatic ring is 2. The van der Waals surface area contributed by atoms with Crippen LogP contribution in [0.15, 0.2) is 55.5 Å². The number of halogens is 2. The van der Waals surface area contributed by atoms with Crippen LogP contribution in [0.5, 0.6) is 0 Å². The Kier molecular flexibility index (Phi) is 13.7. The molecule has 61 heavy (non-hydrogen) atoms. The molecule has 328 valence electrons. The van der Waals surface area contributed by atoms with E-state index in [2.05, 4.69) is 24.9 Å².